The number of sulfonamides is 1. The van der Waals surface area contributed by atoms with Gasteiger partial charge in [-0.3, -0.25) is 4.79 Å². The van der Waals surface area contributed by atoms with Crippen LogP contribution in [0.2, 0.25) is 0 Å². The number of aromatic nitrogens is 2. The SMILES string of the molecule is Cc1c(S(=O)(=O)NC2(C)COC2)c2n(c1C(=O)Nc1cc(F)nc(C#N)c1)CCC=C2. The summed E-state index contributed by atoms with van der Waals surface area (Å²) < 4.78 is 49.5. The molecule has 162 valence electrons. The number of rotatable bonds is 5. The Balaban J connectivity index is 1.76. The van der Waals surface area contributed by atoms with Gasteiger partial charge in [-0.15, -0.1) is 0 Å². The molecule has 31 heavy (non-hydrogen) atoms. The van der Waals surface area contributed by atoms with Crippen molar-refractivity contribution in [1.82, 2.24) is 14.3 Å². The fraction of sp³-hybridized carbons (Fsp3) is 0.350. The fourth-order valence-corrected chi connectivity index (χ4v) is 5.65. The fourth-order valence-electron chi connectivity index (χ4n) is 3.83. The van der Waals surface area contributed by atoms with Crippen molar-refractivity contribution < 1.29 is 22.3 Å². The Labute approximate surface area is 178 Å². The largest absolute Gasteiger partial charge is 0.377 e. The average Bonchev–Trinajstić information content (AvgIpc) is 2.98. The van der Waals surface area contributed by atoms with Gasteiger partial charge in [0.2, 0.25) is 16.0 Å². The van der Waals surface area contributed by atoms with Gasteiger partial charge < -0.3 is 14.6 Å². The average molecular weight is 445 g/mol. The first-order valence-corrected chi connectivity index (χ1v) is 11.0. The van der Waals surface area contributed by atoms with Gasteiger partial charge in [0.05, 0.1) is 24.4 Å². The van der Waals surface area contributed by atoms with Crippen molar-refractivity contribution in [3.05, 3.63) is 46.8 Å². The van der Waals surface area contributed by atoms with E-state index in [1.807, 2.05) is 6.08 Å². The lowest BCUT2D eigenvalue weighted by molar-refractivity contribution is -0.0523. The summed E-state index contributed by atoms with van der Waals surface area (Å²) in [4.78, 5) is 16.5. The second kappa shape index (κ2) is 7.56. The molecule has 0 aromatic carbocycles. The summed E-state index contributed by atoms with van der Waals surface area (Å²) in [5, 5.41) is 11.5. The first-order valence-electron chi connectivity index (χ1n) is 9.54. The lowest BCUT2D eigenvalue weighted by Gasteiger charge is -2.38. The van der Waals surface area contributed by atoms with Gasteiger partial charge in [0.25, 0.3) is 5.91 Å². The number of anilines is 1. The van der Waals surface area contributed by atoms with Gasteiger partial charge in [-0.05, 0) is 32.4 Å². The molecule has 2 aromatic heterocycles. The predicted molar refractivity (Wildman–Crippen MR) is 109 cm³/mol. The number of nitrogens with zero attached hydrogens (tertiary/aromatic N) is 3. The molecule has 0 bridgehead atoms. The van der Waals surface area contributed by atoms with E-state index in [4.69, 9.17) is 10.00 Å². The van der Waals surface area contributed by atoms with Crippen molar-refractivity contribution in [2.24, 2.45) is 0 Å². The Morgan fingerprint density at radius 1 is 1.39 bits per heavy atom. The van der Waals surface area contributed by atoms with E-state index in [0.717, 1.165) is 6.07 Å². The van der Waals surface area contributed by atoms with E-state index >= 15 is 0 Å². The lowest BCUT2D eigenvalue weighted by atomic mass is 10.0. The molecule has 0 unspecified atom stereocenters. The zero-order valence-corrected chi connectivity index (χ0v) is 17.7. The van der Waals surface area contributed by atoms with Crippen LogP contribution in [0.3, 0.4) is 0 Å². The number of allylic oxidation sites excluding steroid dienone is 1. The molecular formula is C20H20FN5O4S. The van der Waals surface area contributed by atoms with Crippen molar-refractivity contribution >= 4 is 27.7 Å². The van der Waals surface area contributed by atoms with E-state index < -0.39 is 27.4 Å². The van der Waals surface area contributed by atoms with Crippen LogP contribution in [0.4, 0.5) is 10.1 Å². The minimum atomic E-state index is -3.95. The minimum Gasteiger partial charge on any atom is -0.377 e. The number of pyridine rings is 1. The van der Waals surface area contributed by atoms with Crippen LogP contribution >= 0.6 is 0 Å². The van der Waals surface area contributed by atoms with E-state index in [1.54, 1.807) is 30.6 Å². The highest BCUT2D eigenvalue weighted by atomic mass is 32.2. The summed E-state index contributed by atoms with van der Waals surface area (Å²) >= 11 is 0. The van der Waals surface area contributed by atoms with Crippen LogP contribution in [-0.4, -0.2) is 42.6 Å². The van der Waals surface area contributed by atoms with Crippen LogP contribution in [0.1, 0.15) is 40.8 Å². The quantitative estimate of drug-likeness (QED) is 0.678. The molecule has 2 aliphatic heterocycles. The third-order valence-electron chi connectivity index (χ3n) is 5.16. The monoisotopic (exact) mass is 445 g/mol. The number of ether oxygens (including phenoxy) is 1. The molecule has 9 nitrogen and oxygen atoms in total. The molecule has 1 amide bonds. The van der Waals surface area contributed by atoms with E-state index in [2.05, 4.69) is 15.0 Å². The first kappa shape index (κ1) is 21.2. The van der Waals surface area contributed by atoms with Crippen LogP contribution in [0.25, 0.3) is 6.08 Å². The van der Waals surface area contributed by atoms with Crippen LogP contribution in [0, 0.1) is 24.2 Å². The van der Waals surface area contributed by atoms with Crippen LogP contribution < -0.4 is 10.0 Å². The van der Waals surface area contributed by atoms with Gasteiger partial charge in [0.15, 0.2) is 0 Å². The zero-order valence-electron chi connectivity index (χ0n) is 16.9. The maximum Gasteiger partial charge on any atom is 0.272 e. The number of fused-ring (bicyclic) bond motifs is 1. The molecule has 2 aromatic rings. The Kier molecular flexibility index (Phi) is 5.17. The Morgan fingerprint density at radius 3 is 2.77 bits per heavy atom. The molecule has 1 fully saturated rings. The highest BCUT2D eigenvalue weighted by Gasteiger charge is 2.40. The first-order chi connectivity index (χ1) is 14.6. The summed E-state index contributed by atoms with van der Waals surface area (Å²) in [6, 6.07) is 3.96. The molecule has 0 aliphatic carbocycles. The van der Waals surface area contributed by atoms with Gasteiger partial charge in [-0.1, -0.05) is 6.08 Å². The van der Waals surface area contributed by atoms with Gasteiger partial charge >= 0.3 is 0 Å². The summed E-state index contributed by atoms with van der Waals surface area (Å²) in [7, 11) is -3.95. The van der Waals surface area contributed by atoms with Crippen molar-refractivity contribution in [3.8, 4) is 6.07 Å². The summed E-state index contributed by atoms with van der Waals surface area (Å²) in [6.07, 6.45) is 4.16. The molecule has 1 saturated heterocycles. The smallest absolute Gasteiger partial charge is 0.272 e. The van der Waals surface area contributed by atoms with Gasteiger partial charge in [0, 0.05) is 23.9 Å². The highest BCUT2D eigenvalue weighted by Crippen LogP contribution is 2.33. The molecule has 11 heteroatoms. The topological polar surface area (TPSA) is 126 Å². The standard InChI is InChI=1S/C20H20FN5O4S/c1-12-17(19(27)24-13-7-14(9-22)23-16(21)8-13)26-6-4-3-5-15(26)18(12)31(28,29)25-20(2)10-30-11-20/h3,5,7-8,25H,4,6,10-11H2,1-2H3,(H,23,24,27). The number of halogens is 1. The Hall–Kier alpha value is -3.07. The number of carbonyl (C=O) groups excluding carboxylic acids is 1. The summed E-state index contributed by atoms with van der Waals surface area (Å²) in [5.41, 5.74) is 0.00993. The van der Waals surface area contributed by atoms with Crippen molar-refractivity contribution in [3.63, 3.8) is 0 Å². The number of nitrogens with one attached hydrogen (secondary N) is 2. The van der Waals surface area contributed by atoms with Gasteiger partial charge in [-0.2, -0.15) is 9.65 Å². The van der Waals surface area contributed by atoms with Crippen molar-refractivity contribution in [2.75, 3.05) is 18.5 Å². The lowest BCUT2D eigenvalue weighted by Crippen LogP contribution is -2.59. The highest BCUT2D eigenvalue weighted by molar-refractivity contribution is 7.89. The third kappa shape index (κ3) is 3.85. The van der Waals surface area contributed by atoms with Crippen LogP contribution in [-0.2, 0) is 21.3 Å². The van der Waals surface area contributed by atoms with Crippen molar-refractivity contribution in [2.45, 2.75) is 37.2 Å². The van der Waals surface area contributed by atoms with E-state index in [9.17, 15) is 17.6 Å². The van der Waals surface area contributed by atoms with Gasteiger partial charge in [-0.25, -0.2) is 18.1 Å². The zero-order chi connectivity index (χ0) is 22.4. The number of amides is 1. The molecule has 4 heterocycles. The van der Waals surface area contributed by atoms with Crippen LogP contribution in [0.5, 0.6) is 0 Å². The molecule has 0 spiro atoms. The Morgan fingerprint density at radius 2 is 2.13 bits per heavy atom. The molecular weight excluding hydrogens is 425 g/mol. The van der Waals surface area contributed by atoms with E-state index in [1.165, 1.54) is 6.07 Å². The maximum absolute atomic E-state index is 13.7. The number of hydrogen-bond acceptors (Lipinski definition) is 6. The van der Waals surface area contributed by atoms with E-state index in [-0.39, 0.29) is 40.7 Å². The number of nitriles is 1. The molecule has 2 N–H and O–H groups in total. The summed E-state index contributed by atoms with van der Waals surface area (Å²) in [6.45, 7) is 4.26. The maximum atomic E-state index is 13.7. The van der Waals surface area contributed by atoms with E-state index in [0.29, 0.717) is 18.7 Å². The molecule has 0 saturated carbocycles. The Bertz CT molecular complexity index is 1260. The predicted octanol–water partition coefficient (Wildman–Crippen LogP) is 1.94. The molecule has 4 rings (SSSR count). The van der Waals surface area contributed by atoms with Crippen LogP contribution in [0.15, 0.2) is 23.1 Å². The second-order valence-corrected chi connectivity index (χ2v) is 9.44. The molecule has 0 radical (unpaired) electrons. The van der Waals surface area contributed by atoms with Crippen molar-refractivity contribution in [1.29, 1.82) is 5.26 Å². The number of hydrogen-bond donors (Lipinski definition) is 2. The number of carbonyl (C=O) groups is 1. The minimum absolute atomic E-state index is 0.0281. The van der Waals surface area contributed by atoms with Gasteiger partial charge in [0.1, 0.15) is 22.4 Å². The normalized spacial score (nSPS) is 16.8. The molecule has 0 atom stereocenters. The molecule has 2 aliphatic rings. The summed E-state index contributed by atoms with van der Waals surface area (Å²) in [5.74, 6) is -1.52. The second-order valence-electron chi connectivity index (χ2n) is 7.82. The third-order valence-corrected chi connectivity index (χ3v) is 6.97.